The van der Waals surface area contributed by atoms with Crippen LogP contribution in [0.4, 0.5) is 0 Å². The topological polar surface area (TPSA) is 115 Å². The maximum Gasteiger partial charge on any atom is 0.373 e. The Bertz CT molecular complexity index is 1010. The number of hydrogen-bond acceptors (Lipinski definition) is 8. The second-order valence-electron chi connectivity index (χ2n) is 13.4. The first-order chi connectivity index (χ1) is 20.1. The molecule has 12 atom stereocenters. The van der Waals surface area contributed by atoms with Crippen molar-refractivity contribution < 1.29 is 39.1 Å². The summed E-state index contributed by atoms with van der Waals surface area (Å²) >= 11 is 0. The maximum atomic E-state index is 13.5. The molecular formula is C35H58O8. The van der Waals surface area contributed by atoms with Gasteiger partial charge < -0.3 is 34.3 Å². The van der Waals surface area contributed by atoms with E-state index in [0.717, 1.165) is 11.1 Å². The molecule has 0 aliphatic carbocycles. The summed E-state index contributed by atoms with van der Waals surface area (Å²) in [5.74, 6) is -1.48. The zero-order valence-corrected chi connectivity index (χ0v) is 28.2. The highest BCUT2D eigenvalue weighted by Crippen LogP contribution is 2.36. The van der Waals surface area contributed by atoms with Crippen LogP contribution in [0.1, 0.15) is 75.2 Å². The molecule has 8 heteroatoms. The third-order valence-corrected chi connectivity index (χ3v) is 9.36. The smallest absolute Gasteiger partial charge is 0.373 e. The van der Waals surface area contributed by atoms with Crippen LogP contribution in [0.25, 0.3) is 0 Å². The standard InChI is InChI=1S/C35H58O8/c1-19(2)33-24(7)27(36)18-29(42-33)25(8)32(38)26(9)34-28(40-10)14-12-13-20(3)15-22(5)31(37)23(6)16-21(4)17-30(41-11)35(39)43-34/h12-14,16-17,19,22-29,31-34,36-38H,15,18H2,1-11H3/b14-12+,20-13+,21-16+,30-17-/t22-,23+,24-,25+,26-,27+,28-,29+,31-,32-,33+,34+/m0/s1. The largest absolute Gasteiger partial charge is 0.490 e. The molecule has 1 fully saturated rings. The Morgan fingerprint density at radius 1 is 1.00 bits per heavy atom. The van der Waals surface area contributed by atoms with Gasteiger partial charge >= 0.3 is 5.97 Å². The molecule has 43 heavy (non-hydrogen) atoms. The van der Waals surface area contributed by atoms with E-state index in [4.69, 9.17) is 18.9 Å². The Morgan fingerprint density at radius 2 is 1.65 bits per heavy atom. The van der Waals surface area contributed by atoms with Gasteiger partial charge in [-0.3, -0.25) is 0 Å². The molecular weight excluding hydrogens is 548 g/mol. The first-order valence-electron chi connectivity index (χ1n) is 15.8. The Kier molecular flexibility index (Phi) is 14.6. The van der Waals surface area contributed by atoms with E-state index in [1.165, 1.54) is 7.11 Å². The molecule has 2 heterocycles. The summed E-state index contributed by atoms with van der Waals surface area (Å²) in [7, 11) is 2.95. The van der Waals surface area contributed by atoms with Crippen LogP contribution in [-0.4, -0.2) is 78.2 Å². The molecule has 8 nitrogen and oxygen atoms in total. The summed E-state index contributed by atoms with van der Waals surface area (Å²) in [6, 6.07) is 0. The van der Waals surface area contributed by atoms with E-state index in [1.807, 2.05) is 72.8 Å². The average Bonchev–Trinajstić information content (AvgIpc) is 2.95. The third kappa shape index (κ3) is 10.0. The lowest BCUT2D eigenvalue weighted by atomic mass is 9.78. The monoisotopic (exact) mass is 606 g/mol. The van der Waals surface area contributed by atoms with Gasteiger partial charge in [0.05, 0.1) is 37.6 Å². The molecule has 2 aliphatic rings. The van der Waals surface area contributed by atoms with Crippen molar-refractivity contribution in [3.05, 3.63) is 47.3 Å². The van der Waals surface area contributed by atoms with E-state index in [0.29, 0.717) is 12.8 Å². The van der Waals surface area contributed by atoms with E-state index in [-0.39, 0.29) is 47.6 Å². The quantitative estimate of drug-likeness (QED) is 0.332. The summed E-state index contributed by atoms with van der Waals surface area (Å²) in [4.78, 5) is 13.5. The number of aliphatic hydroxyl groups is 3. The van der Waals surface area contributed by atoms with E-state index >= 15 is 0 Å². The molecule has 2 rings (SSSR count). The molecule has 246 valence electrons. The van der Waals surface area contributed by atoms with Crippen LogP contribution >= 0.6 is 0 Å². The minimum absolute atomic E-state index is 0.00224. The van der Waals surface area contributed by atoms with Crippen molar-refractivity contribution >= 4 is 5.97 Å². The molecule has 0 spiro atoms. The summed E-state index contributed by atoms with van der Waals surface area (Å²) in [5, 5.41) is 33.4. The van der Waals surface area contributed by atoms with E-state index in [9.17, 15) is 20.1 Å². The number of carbonyl (C=O) groups excluding carboxylic acids is 1. The van der Waals surface area contributed by atoms with Crippen molar-refractivity contribution in [2.75, 3.05) is 14.2 Å². The number of allylic oxidation sites excluding steroid dienone is 5. The molecule has 0 saturated carbocycles. The van der Waals surface area contributed by atoms with E-state index in [2.05, 4.69) is 13.8 Å². The molecule has 1 saturated heterocycles. The number of rotatable bonds is 7. The predicted octanol–water partition coefficient (Wildman–Crippen LogP) is 5.37. The summed E-state index contributed by atoms with van der Waals surface area (Å²) in [6.45, 7) is 17.8. The molecule has 3 N–H and O–H groups in total. The van der Waals surface area contributed by atoms with Gasteiger partial charge in [0.2, 0.25) is 5.76 Å². The number of ether oxygens (including phenoxy) is 4. The number of carbonyl (C=O) groups is 1. The molecule has 0 aromatic rings. The fraction of sp³-hybridized carbons (Fsp3) is 0.743. The first kappa shape index (κ1) is 37.2. The average molecular weight is 607 g/mol. The molecule has 0 aromatic carbocycles. The van der Waals surface area contributed by atoms with Crippen LogP contribution in [0.3, 0.4) is 0 Å². The second-order valence-corrected chi connectivity index (χ2v) is 13.4. The van der Waals surface area contributed by atoms with Crippen molar-refractivity contribution in [2.24, 2.45) is 35.5 Å². The Balaban J connectivity index is 2.47. The van der Waals surface area contributed by atoms with Crippen LogP contribution in [-0.2, 0) is 23.7 Å². The van der Waals surface area contributed by atoms with Gasteiger partial charge in [0.1, 0.15) is 12.2 Å². The zero-order chi connectivity index (χ0) is 32.6. The van der Waals surface area contributed by atoms with Crippen molar-refractivity contribution in [2.45, 2.75) is 118 Å². The van der Waals surface area contributed by atoms with Gasteiger partial charge in [0.25, 0.3) is 0 Å². The lowest BCUT2D eigenvalue weighted by Gasteiger charge is -2.44. The van der Waals surface area contributed by atoms with Gasteiger partial charge in [-0.05, 0) is 38.2 Å². The molecule has 0 unspecified atom stereocenters. The second kappa shape index (κ2) is 16.9. The summed E-state index contributed by atoms with van der Waals surface area (Å²) < 4.78 is 23.8. The zero-order valence-electron chi connectivity index (χ0n) is 28.2. The van der Waals surface area contributed by atoms with Gasteiger partial charge in [-0.1, -0.05) is 83.9 Å². The Labute approximate surface area is 259 Å². The molecule has 0 amide bonds. The predicted molar refractivity (Wildman–Crippen MR) is 169 cm³/mol. The number of methoxy groups -OCH3 is 2. The van der Waals surface area contributed by atoms with Crippen LogP contribution in [0, 0.1) is 35.5 Å². The van der Waals surface area contributed by atoms with E-state index in [1.54, 1.807) is 13.2 Å². The molecule has 0 bridgehead atoms. The Morgan fingerprint density at radius 3 is 2.23 bits per heavy atom. The highest BCUT2D eigenvalue weighted by atomic mass is 16.6. The molecule has 0 radical (unpaired) electrons. The Hall–Kier alpha value is -1.97. The third-order valence-electron chi connectivity index (χ3n) is 9.36. The van der Waals surface area contributed by atoms with Gasteiger partial charge in [-0.25, -0.2) is 4.79 Å². The van der Waals surface area contributed by atoms with Gasteiger partial charge in [-0.15, -0.1) is 0 Å². The normalized spacial score (nSPS) is 40.1. The number of aliphatic hydroxyl groups excluding tert-OH is 3. The molecule has 0 aromatic heterocycles. The fourth-order valence-corrected chi connectivity index (χ4v) is 6.54. The van der Waals surface area contributed by atoms with Crippen molar-refractivity contribution in [3.8, 4) is 0 Å². The van der Waals surface area contributed by atoms with Gasteiger partial charge in [-0.2, -0.15) is 0 Å². The SMILES string of the molecule is CO/C1=C\C(C)=C\[C@@H](C)[C@@H](O)[C@@H](C)C/C(C)=C/C=C/[C@H](OC)[C@@H]([C@@H](C)[C@@H](O)[C@H](C)[C@H]2C[C@@H](O)[C@H](C)[C@@H](C(C)C)O2)OC1=O. The lowest BCUT2D eigenvalue weighted by Crippen LogP contribution is -2.51. The summed E-state index contributed by atoms with van der Waals surface area (Å²) in [6.07, 6.45) is 6.31. The highest BCUT2D eigenvalue weighted by Gasteiger charge is 2.43. The van der Waals surface area contributed by atoms with Crippen molar-refractivity contribution in [1.29, 1.82) is 0 Å². The first-order valence-corrected chi connectivity index (χ1v) is 15.8. The fourth-order valence-electron chi connectivity index (χ4n) is 6.54. The van der Waals surface area contributed by atoms with Crippen LogP contribution < -0.4 is 0 Å². The summed E-state index contributed by atoms with van der Waals surface area (Å²) in [5.41, 5.74) is 1.85. The van der Waals surface area contributed by atoms with Crippen LogP contribution in [0.5, 0.6) is 0 Å². The number of cyclic esters (lactones) is 1. The minimum Gasteiger partial charge on any atom is -0.490 e. The molecule has 2 aliphatic heterocycles. The number of esters is 1. The van der Waals surface area contributed by atoms with Gasteiger partial charge in [0.15, 0.2) is 0 Å². The van der Waals surface area contributed by atoms with E-state index < -0.39 is 42.4 Å². The maximum absolute atomic E-state index is 13.5. The highest BCUT2D eigenvalue weighted by molar-refractivity contribution is 5.87. The van der Waals surface area contributed by atoms with Crippen molar-refractivity contribution in [1.82, 2.24) is 0 Å². The van der Waals surface area contributed by atoms with Gasteiger partial charge in [0, 0.05) is 37.2 Å². The lowest BCUT2D eigenvalue weighted by molar-refractivity contribution is -0.184. The minimum atomic E-state index is -0.926. The van der Waals surface area contributed by atoms with Crippen LogP contribution in [0.2, 0.25) is 0 Å². The van der Waals surface area contributed by atoms with Crippen molar-refractivity contribution in [3.63, 3.8) is 0 Å². The van der Waals surface area contributed by atoms with Crippen LogP contribution in [0.15, 0.2) is 47.3 Å². The number of hydrogen-bond donors (Lipinski definition) is 3.